The SMILES string of the molecule is CC1(C)C(CNCc2cc(Cl)c3c(c2)OCCO3)C1(C)C. The molecule has 1 N–H and O–H groups in total. The van der Waals surface area contributed by atoms with E-state index in [0.29, 0.717) is 34.8 Å². The highest BCUT2D eigenvalue weighted by atomic mass is 35.5. The summed E-state index contributed by atoms with van der Waals surface area (Å²) in [5.41, 5.74) is 1.98. The van der Waals surface area contributed by atoms with E-state index in [1.807, 2.05) is 12.1 Å². The summed E-state index contributed by atoms with van der Waals surface area (Å²) < 4.78 is 11.2. The molecule has 1 saturated carbocycles. The first-order chi connectivity index (χ1) is 9.84. The van der Waals surface area contributed by atoms with Crippen LogP contribution >= 0.6 is 11.6 Å². The van der Waals surface area contributed by atoms with Gasteiger partial charge in [-0.2, -0.15) is 0 Å². The molecule has 4 heteroatoms. The third kappa shape index (κ3) is 2.51. The molecule has 3 rings (SSSR count). The van der Waals surface area contributed by atoms with Crippen LogP contribution in [0, 0.1) is 16.7 Å². The minimum atomic E-state index is 0.421. The largest absolute Gasteiger partial charge is 0.486 e. The predicted octanol–water partition coefficient (Wildman–Crippen LogP) is 3.88. The summed E-state index contributed by atoms with van der Waals surface area (Å²) in [7, 11) is 0. The second kappa shape index (κ2) is 5.06. The Labute approximate surface area is 132 Å². The standard InChI is InChI=1S/C17H24ClNO2/c1-16(2)14(17(16,3)4)10-19-9-11-7-12(18)15-13(8-11)20-5-6-21-15/h7-8,14,19H,5-6,9-10H2,1-4H3. The Bertz CT molecular complexity index is 540. The molecular formula is C17H24ClNO2. The Hall–Kier alpha value is -0.930. The van der Waals surface area contributed by atoms with Crippen LogP contribution in [0.4, 0.5) is 0 Å². The molecule has 1 fully saturated rings. The molecule has 3 nitrogen and oxygen atoms in total. The summed E-state index contributed by atoms with van der Waals surface area (Å²) in [4.78, 5) is 0. The zero-order valence-electron chi connectivity index (χ0n) is 13.3. The normalized spacial score (nSPS) is 22.1. The maximum atomic E-state index is 6.26. The van der Waals surface area contributed by atoms with Gasteiger partial charge in [0.2, 0.25) is 0 Å². The zero-order chi connectivity index (χ0) is 15.3. The molecule has 0 aromatic heterocycles. The van der Waals surface area contributed by atoms with Crippen molar-refractivity contribution < 1.29 is 9.47 Å². The minimum Gasteiger partial charge on any atom is -0.486 e. The average molecular weight is 310 g/mol. The molecule has 0 amide bonds. The van der Waals surface area contributed by atoms with Crippen molar-refractivity contribution in [3.63, 3.8) is 0 Å². The number of hydrogen-bond donors (Lipinski definition) is 1. The Balaban J connectivity index is 1.61. The van der Waals surface area contributed by atoms with Gasteiger partial charge in [-0.1, -0.05) is 39.3 Å². The molecule has 1 aliphatic heterocycles. The van der Waals surface area contributed by atoms with E-state index in [4.69, 9.17) is 21.1 Å². The zero-order valence-corrected chi connectivity index (χ0v) is 14.0. The third-order valence-corrected chi connectivity index (χ3v) is 5.93. The van der Waals surface area contributed by atoms with Crippen LogP contribution in [0.25, 0.3) is 0 Å². The highest BCUT2D eigenvalue weighted by Gasteiger charge is 2.63. The van der Waals surface area contributed by atoms with Crippen molar-refractivity contribution in [2.24, 2.45) is 16.7 Å². The molecule has 0 bridgehead atoms. The highest BCUT2D eigenvalue weighted by Crippen LogP contribution is 2.67. The lowest BCUT2D eigenvalue weighted by Gasteiger charge is -2.20. The molecule has 0 atom stereocenters. The van der Waals surface area contributed by atoms with Crippen LogP contribution in [-0.4, -0.2) is 19.8 Å². The second-order valence-electron chi connectivity index (χ2n) is 7.23. The summed E-state index contributed by atoms with van der Waals surface area (Å²) in [6.07, 6.45) is 0. The van der Waals surface area contributed by atoms with Gasteiger partial charge in [0, 0.05) is 6.54 Å². The van der Waals surface area contributed by atoms with Crippen LogP contribution in [0.15, 0.2) is 12.1 Å². The topological polar surface area (TPSA) is 30.5 Å². The van der Waals surface area contributed by atoms with Crippen molar-refractivity contribution in [2.45, 2.75) is 34.2 Å². The van der Waals surface area contributed by atoms with Crippen molar-refractivity contribution in [1.29, 1.82) is 0 Å². The van der Waals surface area contributed by atoms with Gasteiger partial charge in [-0.25, -0.2) is 0 Å². The van der Waals surface area contributed by atoms with Crippen molar-refractivity contribution in [3.05, 3.63) is 22.7 Å². The molecule has 0 unspecified atom stereocenters. The molecule has 0 spiro atoms. The lowest BCUT2D eigenvalue weighted by molar-refractivity contribution is 0.171. The Morgan fingerprint density at radius 3 is 2.48 bits per heavy atom. The molecule has 116 valence electrons. The lowest BCUT2D eigenvalue weighted by atomic mass is 10.0. The van der Waals surface area contributed by atoms with Crippen LogP contribution in [0.1, 0.15) is 33.3 Å². The Kier molecular flexibility index (Phi) is 3.61. The number of hydrogen-bond acceptors (Lipinski definition) is 3. The van der Waals surface area contributed by atoms with Gasteiger partial charge in [0.15, 0.2) is 11.5 Å². The first-order valence-corrected chi connectivity index (χ1v) is 8.00. The summed E-state index contributed by atoms with van der Waals surface area (Å²) in [6.45, 7) is 12.4. The summed E-state index contributed by atoms with van der Waals surface area (Å²) in [5, 5.41) is 4.19. The quantitative estimate of drug-likeness (QED) is 0.915. The number of fused-ring (bicyclic) bond motifs is 1. The molecule has 1 aromatic rings. The van der Waals surface area contributed by atoms with Crippen molar-refractivity contribution in [3.8, 4) is 11.5 Å². The van der Waals surface area contributed by atoms with Gasteiger partial charge >= 0.3 is 0 Å². The molecule has 2 aliphatic rings. The number of nitrogens with one attached hydrogen (secondary N) is 1. The van der Waals surface area contributed by atoms with Gasteiger partial charge in [0.25, 0.3) is 0 Å². The van der Waals surface area contributed by atoms with Crippen molar-refractivity contribution >= 4 is 11.6 Å². The lowest BCUT2D eigenvalue weighted by Crippen LogP contribution is -2.20. The van der Waals surface area contributed by atoms with Gasteiger partial charge in [-0.05, 0) is 41.0 Å². The van der Waals surface area contributed by atoms with Crippen molar-refractivity contribution in [2.75, 3.05) is 19.8 Å². The maximum absolute atomic E-state index is 6.26. The van der Waals surface area contributed by atoms with Crippen LogP contribution in [0.2, 0.25) is 5.02 Å². The van der Waals surface area contributed by atoms with Crippen LogP contribution in [0.3, 0.4) is 0 Å². The molecule has 0 saturated heterocycles. The van der Waals surface area contributed by atoms with Crippen LogP contribution in [0.5, 0.6) is 11.5 Å². The van der Waals surface area contributed by atoms with Gasteiger partial charge < -0.3 is 14.8 Å². The fourth-order valence-electron chi connectivity index (χ4n) is 3.47. The van der Waals surface area contributed by atoms with E-state index in [0.717, 1.165) is 30.3 Å². The first kappa shape index (κ1) is 15.0. The summed E-state index contributed by atoms with van der Waals surface area (Å²) in [5.74, 6) is 2.16. The fourth-order valence-corrected chi connectivity index (χ4v) is 3.76. The summed E-state index contributed by atoms with van der Waals surface area (Å²) >= 11 is 6.26. The summed E-state index contributed by atoms with van der Waals surface area (Å²) in [6, 6.07) is 3.99. The van der Waals surface area contributed by atoms with E-state index in [2.05, 4.69) is 33.0 Å². The Morgan fingerprint density at radius 1 is 1.14 bits per heavy atom. The highest BCUT2D eigenvalue weighted by molar-refractivity contribution is 6.32. The Morgan fingerprint density at radius 2 is 1.81 bits per heavy atom. The molecular weight excluding hydrogens is 286 g/mol. The third-order valence-electron chi connectivity index (χ3n) is 5.65. The molecule has 1 aromatic carbocycles. The van der Waals surface area contributed by atoms with E-state index < -0.39 is 0 Å². The van der Waals surface area contributed by atoms with Crippen LogP contribution in [-0.2, 0) is 6.54 Å². The van der Waals surface area contributed by atoms with Crippen LogP contribution < -0.4 is 14.8 Å². The van der Waals surface area contributed by atoms with E-state index in [1.165, 1.54) is 0 Å². The van der Waals surface area contributed by atoms with Gasteiger partial charge in [0.1, 0.15) is 13.2 Å². The van der Waals surface area contributed by atoms with E-state index in [9.17, 15) is 0 Å². The molecule has 0 radical (unpaired) electrons. The number of halogens is 1. The second-order valence-corrected chi connectivity index (χ2v) is 7.64. The molecule has 1 heterocycles. The maximum Gasteiger partial charge on any atom is 0.179 e. The van der Waals surface area contributed by atoms with E-state index in [1.54, 1.807) is 0 Å². The predicted molar refractivity (Wildman–Crippen MR) is 85.2 cm³/mol. The average Bonchev–Trinajstić information content (AvgIpc) is 2.81. The number of ether oxygens (including phenoxy) is 2. The number of benzene rings is 1. The van der Waals surface area contributed by atoms with Gasteiger partial charge in [-0.15, -0.1) is 0 Å². The van der Waals surface area contributed by atoms with E-state index >= 15 is 0 Å². The van der Waals surface area contributed by atoms with Crippen molar-refractivity contribution in [1.82, 2.24) is 5.32 Å². The van der Waals surface area contributed by atoms with Gasteiger partial charge in [0.05, 0.1) is 5.02 Å². The number of rotatable bonds is 4. The van der Waals surface area contributed by atoms with E-state index in [-0.39, 0.29) is 0 Å². The first-order valence-electron chi connectivity index (χ1n) is 7.63. The smallest absolute Gasteiger partial charge is 0.179 e. The molecule has 21 heavy (non-hydrogen) atoms. The minimum absolute atomic E-state index is 0.421. The molecule has 1 aliphatic carbocycles. The monoisotopic (exact) mass is 309 g/mol. The van der Waals surface area contributed by atoms with Gasteiger partial charge in [-0.3, -0.25) is 0 Å². The fraction of sp³-hybridized carbons (Fsp3) is 0.647.